The number of aromatic nitrogens is 2. The average Bonchev–Trinajstić information content (AvgIpc) is 3.02. The second-order valence-electron chi connectivity index (χ2n) is 5.92. The van der Waals surface area contributed by atoms with Crippen molar-refractivity contribution in [3.05, 3.63) is 17.5 Å². The van der Waals surface area contributed by atoms with E-state index in [1.807, 2.05) is 4.68 Å². The summed E-state index contributed by atoms with van der Waals surface area (Å²) in [6.07, 6.45) is 9.85. The fourth-order valence-corrected chi connectivity index (χ4v) is 3.33. The molecule has 20 heavy (non-hydrogen) atoms. The highest BCUT2D eigenvalue weighted by Crippen LogP contribution is 2.31. The van der Waals surface area contributed by atoms with Gasteiger partial charge in [0.2, 0.25) is 0 Å². The molecule has 1 unspecified atom stereocenters. The Kier molecular flexibility index (Phi) is 4.05. The summed E-state index contributed by atoms with van der Waals surface area (Å²) in [7, 11) is 0. The fraction of sp³-hybridized carbons (Fsp3) is 0.733. The monoisotopic (exact) mass is 278 g/mol. The minimum Gasteiger partial charge on any atom is -0.478 e. The zero-order valence-corrected chi connectivity index (χ0v) is 11.8. The molecule has 0 radical (unpaired) electrons. The first kappa shape index (κ1) is 13.6. The molecular weight excluding hydrogens is 256 g/mol. The van der Waals surface area contributed by atoms with E-state index in [1.54, 1.807) is 6.20 Å². The Balaban J connectivity index is 1.87. The molecule has 1 aliphatic carbocycles. The topological polar surface area (TPSA) is 64.3 Å². The van der Waals surface area contributed by atoms with Gasteiger partial charge in [-0.05, 0) is 19.3 Å². The van der Waals surface area contributed by atoms with Crippen LogP contribution >= 0.6 is 0 Å². The lowest BCUT2D eigenvalue weighted by molar-refractivity contribution is 0.0695. The Bertz CT molecular complexity index is 469. The Morgan fingerprint density at radius 1 is 1.25 bits per heavy atom. The predicted octanol–water partition coefficient (Wildman–Crippen LogP) is 2.98. The fourth-order valence-electron chi connectivity index (χ4n) is 3.33. The maximum atomic E-state index is 11.4. The molecular formula is C15H22N2O3. The molecule has 0 aromatic carbocycles. The normalized spacial score (nSPS) is 24.7. The van der Waals surface area contributed by atoms with E-state index < -0.39 is 5.97 Å². The van der Waals surface area contributed by atoms with E-state index in [1.165, 1.54) is 25.7 Å². The molecule has 1 aromatic rings. The first-order valence-electron chi connectivity index (χ1n) is 7.66. The van der Waals surface area contributed by atoms with Crippen molar-refractivity contribution in [3.8, 4) is 0 Å². The lowest BCUT2D eigenvalue weighted by atomic mass is 10.0. The molecule has 2 fully saturated rings. The van der Waals surface area contributed by atoms with Crippen LogP contribution in [0.4, 0.5) is 0 Å². The van der Waals surface area contributed by atoms with E-state index in [9.17, 15) is 9.90 Å². The molecule has 1 saturated carbocycles. The van der Waals surface area contributed by atoms with Crippen molar-refractivity contribution in [1.82, 2.24) is 9.78 Å². The summed E-state index contributed by atoms with van der Waals surface area (Å²) in [5.41, 5.74) is 1.09. The van der Waals surface area contributed by atoms with Crippen molar-refractivity contribution >= 4 is 5.97 Å². The molecule has 2 heterocycles. The van der Waals surface area contributed by atoms with E-state index in [4.69, 9.17) is 4.74 Å². The SMILES string of the molecule is O=C(O)c1cn(C2CCCCCC2)nc1C1CCOC1. The Labute approximate surface area is 118 Å². The number of hydrogen-bond donors (Lipinski definition) is 1. The van der Waals surface area contributed by atoms with Crippen molar-refractivity contribution in [3.63, 3.8) is 0 Å². The largest absolute Gasteiger partial charge is 0.478 e. The Morgan fingerprint density at radius 3 is 2.60 bits per heavy atom. The standard InChI is InChI=1S/C15H22N2O3/c18-15(19)13-9-17(12-5-3-1-2-4-6-12)16-14(13)11-7-8-20-10-11/h9,11-12H,1-8,10H2,(H,18,19). The minimum atomic E-state index is -0.869. The van der Waals surface area contributed by atoms with E-state index in [0.29, 0.717) is 24.8 Å². The van der Waals surface area contributed by atoms with Crippen LogP contribution in [-0.2, 0) is 4.74 Å². The second-order valence-corrected chi connectivity index (χ2v) is 5.92. The van der Waals surface area contributed by atoms with E-state index in [2.05, 4.69) is 5.10 Å². The van der Waals surface area contributed by atoms with E-state index in [0.717, 1.165) is 25.0 Å². The van der Waals surface area contributed by atoms with Crippen LogP contribution in [0.15, 0.2) is 6.20 Å². The zero-order chi connectivity index (χ0) is 13.9. The number of carbonyl (C=O) groups is 1. The summed E-state index contributed by atoms with van der Waals surface area (Å²) in [6, 6.07) is 0.367. The summed E-state index contributed by atoms with van der Waals surface area (Å²) in [5.74, 6) is -0.722. The van der Waals surface area contributed by atoms with E-state index in [-0.39, 0.29) is 5.92 Å². The highest BCUT2D eigenvalue weighted by atomic mass is 16.5. The molecule has 0 amide bonds. The molecule has 1 atom stereocenters. The third-order valence-electron chi connectivity index (χ3n) is 4.51. The molecule has 3 rings (SSSR count). The van der Waals surface area contributed by atoms with Gasteiger partial charge >= 0.3 is 5.97 Å². The van der Waals surface area contributed by atoms with Crippen LogP contribution in [0.2, 0.25) is 0 Å². The molecule has 1 aromatic heterocycles. The van der Waals surface area contributed by atoms with Gasteiger partial charge in [0.25, 0.3) is 0 Å². The second kappa shape index (κ2) is 5.95. The summed E-state index contributed by atoms with van der Waals surface area (Å²) >= 11 is 0. The van der Waals surface area contributed by atoms with Gasteiger partial charge in [0, 0.05) is 18.7 Å². The van der Waals surface area contributed by atoms with Crippen LogP contribution < -0.4 is 0 Å². The summed E-state index contributed by atoms with van der Waals surface area (Å²) in [5, 5.41) is 14.0. The first-order chi connectivity index (χ1) is 9.75. The number of carboxylic acid groups (broad SMARTS) is 1. The summed E-state index contributed by atoms with van der Waals surface area (Å²) < 4.78 is 7.30. The average molecular weight is 278 g/mol. The van der Waals surface area contributed by atoms with Gasteiger partial charge in [-0.25, -0.2) is 4.79 Å². The zero-order valence-electron chi connectivity index (χ0n) is 11.8. The van der Waals surface area contributed by atoms with Crippen molar-refractivity contribution in [2.45, 2.75) is 56.9 Å². The van der Waals surface area contributed by atoms with Crippen molar-refractivity contribution in [2.24, 2.45) is 0 Å². The van der Waals surface area contributed by atoms with Crippen LogP contribution in [0.1, 0.15) is 73.0 Å². The van der Waals surface area contributed by atoms with Crippen molar-refractivity contribution in [2.75, 3.05) is 13.2 Å². The quantitative estimate of drug-likeness (QED) is 0.863. The van der Waals surface area contributed by atoms with Crippen molar-refractivity contribution in [1.29, 1.82) is 0 Å². The van der Waals surface area contributed by atoms with Crippen LogP contribution in [0.3, 0.4) is 0 Å². The highest BCUT2D eigenvalue weighted by Gasteiger charge is 2.28. The van der Waals surface area contributed by atoms with Gasteiger partial charge in [0.05, 0.1) is 18.3 Å². The molecule has 0 spiro atoms. The number of ether oxygens (including phenoxy) is 1. The molecule has 5 heteroatoms. The lowest BCUT2D eigenvalue weighted by Crippen LogP contribution is -2.10. The van der Waals surface area contributed by atoms with Gasteiger partial charge in [0.15, 0.2) is 0 Å². The Hall–Kier alpha value is -1.36. The van der Waals surface area contributed by atoms with Gasteiger partial charge in [-0.2, -0.15) is 5.10 Å². The molecule has 5 nitrogen and oxygen atoms in total. The number of carboxylic acids is 1. The molecule has 1 aliphatic heterocycles. The number of hydrogen-bond acceptors (Lipinski definition) is 3. The van der Waals surface area contributed by atoms with Gasteiger partial charge < -0.3 is 9.84 Å². The number of aromatic carboxylic acids is 1. The predicted molar refractivity (Wildman–Crippen MR) is 74.1 cm³/mol. The number of rotatable bonds is 3. The van der Waals surface area contributed by atoms with Crippen LogP contribution in [-0.4, -0.2) is 34.1 Å². The molecule has 0 bridgehead atoms. The Morgan fingerprint density at radius 2 is 2.00 bits per heavy atom. The van der Waals surface area contributed by atoms with Gasteiger partial charge in [-0.3, -0.25) is 4.68 Å². The third kappa shape index (κ3) is 2.73. The third-order valence-corrected chi connectivity index (χ3v) is 4.51. The molecule has 2 aliphatic rings. The van der Waals surface area contributed by atoms with Gasteiger partial charge in [0.1, 0.15) is 5.56 Å². The van der Waals surface area contributed by atoms with Crippen molar-refractivity contribution < 1.29 is 14.6 Å². The summed E-state index contributed by atoms with van der Waals surface area (Å²) in [6.45, 7) is 1.31. The van der Waals surface area contributed by atoms with Crippen LogP contribution in [0.25, 0.3) is 0 Å². The highest BCUT2D eigenvalue weighted by molar-refractivity contribution is 5.88. The van der Waals surface area contributed by atoms with Gasteiger partial charge in [-0.1, -0.05) is 25.7 Å². The minimum absolute atomic E-state index is 0.146. The first-order valence-corrected chi connectivity index (χ1v) is 7.66. The maximum absolute atomic E-state index is 11.4. The van der Waals surface area contributed by atoms with Crippen LogP contribution in [0.5, 0.6) is 0 Å². The van der Waals surface area contributed by atoms with E-state index >= 15 is 0 Å². The lowest BCUT2D eigenvalue weighted by Gasteiger charge is -2.14. The smallest absolute Gasteiger partial charge is 0.339 e. The number of nitrogens with zero attached hydrogens (tertiary/aromatic N) is 2. The van der Waals surface area contributed by atoms with Crippen LogP contribution in [0, 0.1) is 0 Å². The molecule has 1 N–H and O–H groups in total. The molecule has 110 valence electrons. The summed E-state index contributed by atoms with van der Waals surface area (Å²) in [4.78, 5) is 11.4. The maximum Gasteiger partial charge on any atom is 0.339 e. The molecule has 1 saturated heterocycles. The van der Waals surface area contributed by atoms with Gasteiger partial charge in [-0.15, -0.1) is 0 Å².